The van der Waals surface area contributed by atoms with Gasteiger partial charge in [-0.1, -0.05) is 17.3 Å². The molecule has 0 saturated carbocycles. The van der Waals surface area contributed by atoms with E-state index in [9.17, 15) is 14.9 Å². The van der Waals surface area contributed by atoms with Crippen LogP contribution in [0.4, 0.5) is 11.5 Å². The number of nitrogens with zero attached hydrogens (tertiary/aromatic N) is 5. The molecule has 0 aliphatic carbocycles. The summed E-state index contributed by atoms with van der Waals surface area (Å²) in [4.78, 5) is 29.1. The molecule has 4 aromatic rings. The Morgan fingerprint density at radius 3 is 2.76 bits per heavy atom. The zero-order valence-electron chi connectivity index (χ0n) is 17.7. The summed E-state index contributed by atoms with van der Waals surface area (Å²) in [7, 11) is 1.38. The van der Waals surface area contributed by atoms with E-state index in [-0.39, 0.29) is 16.9 Å². The summed E-state index contributed by atoms with van der Waals surface area (Å²) >= 11 is 0. The molecule has 11 nitrogen and oxygen atoms in total. The summed E-state index contributed by atoms with van der Waals surface area (Å²) < 4.78 is 11.9. The number of nitro benzene ring substituents is 1. The van der Waals surface area contributed by atoms with Gasteiger partial charge in [0.15, 0.2) is 11.2 Å². The van der Waals surface area contributed by atoms with Crippen LogP contribution in [-0.4, -0.2) is 58.3 Å². The molecular formula is C22H20N6O5. The predicted molar refractivity (Wildman–Crippen MR) is 121 cm³/mol. The van der Waals surface area contributed by atoms with Gasteiger partial charge in [-0.25, -0.2) is 4.68 Å². The van der Waals surface area contributed by atoms with Gasteiger partial charge in [-0.3, -0.25) is 14.9 Å². The maximum absolute atomic E-state index is 12.8. The number of H-pyrrole nitrogens is 1. The van der Waals surface area contributed by atoms with Crippen LogP contribution in [0.2, 0.25) is 0 Å². The number of ether oxygens (including phenoxy) is 2. The molecular weight excluding hydrogens is 428 g/mol. The molecule has 5 rings (SSSR count). The molecule has 0 radical (unpaired) electrons. The highest BCUT2D eigenvalue weighted by atomic mass is 16.6. The average Bonchev–Trinajstić information content (AvgIpc) is 3.34. The summed E-state index contributed by atoms with van der Waals surface area (Å²) in [5, 5.41) is 20.3. The minimum atomic E-state index is -0.511. The first kappa shape index (κ1) is 20.6. The lowest BCUT2D eigenvalue weighted by atomic mass is 10.1. The van der Waals surface area contributed by atoms with Crippen LogP contribution in [0.1, 0.15) is 0 Å². The average molecular weight is 448 g/mol. The molecule has 33 heavy (non-hydrogen) atoms. The first-order valence-electron chi connectivity index (χ1n) is 10.3. The number of aromatic amines is 1. The van der Waals surface area contributed by atoms with Crippen LogP contribution in [0.15, 0.2) is 53.5 Å². The molecule has 2 aromatic carbocycles. The number of methoxy groups -OCH3 is 1. The molecule has 3 heterocycles. The number of anilines is 1. The molecule has 11 heteroatoms. The molecule has 1 aliphatic rings. The number of morpholine rings is 1. The van der Waals surface area contributed by atoms with E-state index in [4.69, 9.17) is 9.47 Å². The number of hydrogen-bond acceptors (Lipinski definition) is 8. The van der Waals surface area contributed by atoms with Crippen molar-refractivity contribution in [2.24, 2.45) is 0 Å². The van der Waals surface area contributed by atoms with Crippen molar-refractivity contribution in [1.29, 1.82) is 0 Å². The third kappa shape index (κ3) is 3.78. The number of para-hydroxylation sites is 1. The monoisotopic (exact) mass is 448 g/mol. The number of pyridine rings is 1. The van der Waals surface area contributed by atoms with E-state index >= 15 is 0 Å². The quantitative estimate of drug-likeness (QED) is 0.364. The summed E-state index contributed by atoms with van der Waals surface area (Å²) in [5.41, 5.74) is 2.08. The Bertz CT molecular complexity index is 1410. The molecule has 1 saturated heterocycles. The summed E-state index contributed by atoms with van der Waals surface area (Å²) in [6, 6.07) is 11.6. The van der Waals surface area contributed by atoms with Crippen molar-refractivity contribution in [2.75, 3.05) is 38.3 Å². The van der Waals surface area contributed by atoms with Crippen LogP contribution in [-0.2, 0) is 4.74 Å². The predicted octanol–water partition coefficient (Wildman–Crippen LogP) is 2.53. The zero-order valence-corrected chi connectivity index (χ0v) is 17.7. The van der Waals surface area contributed by atoms with Crippen LogP contribution in [0, 0.1) is 10.1 Å². The highest BCUT2D eigenvalue weighted by Crippen LogP contribution is 2.30. The van der Waals surface area contributed by atoms with Crippen molar-refractivity contribution >= 4 is 22.4 Å². The van der Waals surface area contributed by atoms with Gasteiger partial charge in [0.2, 0.25) is 0 Å². The van der Waals surface area contributed by atoms with Crippen molar-refractivity contribution in [3.8, 4) is 22.7 Å². The van der Waals surface area contributed by atoms with Crippen LogP contribution in [0.25, 0.3) is 27.8 Å². The van der Waals surface area contributed by atoms with E-state index in [0.717, 1.165) is 5.82 Å². The third-order valence-corrected chi connectivity index (χ3v) is 5.60. The van der Waals surface area contributed by atoms with Crippen molar-refractivity contribution in [3.63, 3.8) is 0 Å². The van der Waals surface area contributed by atoms with Crippen molar-refractivity contribution < 1.29 is 14.4 Å². The molecule has 0 spiro atoms. The minimum Gasteiger partial charge on any atom is -0.490 e. The van der Waals surface area contributed by atoms with Gasteiger partial charge in [-0.15, -0.1) is 5.10 Å². The Hall–Kier alpha value is -4.25. The molecule has 0 atom stereocenters. The first-order chi connectivity index (χ1) is 16.0. The molecule has 1 aliphatic heterocycles. The Morgan fingerprint density at radius 1 is 1.18 bits per heavy atom. The maximum atomic E-state index is 12.8. The lowest BCUT2D eigenvalue weighted by molar-refractivity contribution is -0.385. The Labute approximate surface area is 187 Å². The van der Waals surface area contributed by atoms with Crippen molar-refractivity contribution in [3.05, 3.63) is 69.0 Å². The topological polar surface area (TPSA) is 128 Å². The summed E-state index contributed by atoms with van der Waals surface area (Å²) in [5.74, 6) is 0.882. The van der Waals surface area contributed by atoms with Gasteiger partial charge in [-0.2, -0.15) is 0 Å². The SMILES string of the molecule is COc1ccc(-n2cc(-c3cccc4c(=O)cc(N5CCOCC5)[nH]c34)nn2)cc1[N+](=O)[O-]. The fourth-order valence-corrected chi connectivity index (χ4v) is 3.92. The molecule has 0 amide bonds. The van der Waals surface area contributed by atoms with Crippen molar-refractivity contribution in [1.82, 2.24) is 20.0 Å². The van der Waals surface area contributed by atoms with E-state index in [0.29, 0.717) is 54.2 Å². The standard InChI is InChI=1S/C22H20N6O5/c1-32-20-6-5-14(11-18(20)28(30)31)27-13-17(24-25-27)15-3-2-4-16-19(29)12-21(23-22(15)16)26-7-9-33-10-8-26/h2-6,11-13H,7-10H2,1H3,(H,23,29). The minimum absolute atomic E-state index is 0.0923. The van der Waals surface area contributed by atoms with Crippen LogP contribution in [0.5, 0.6) is 5.75 Å². The Kier molecular flexibility index (Phi) is 5.23. The fourth-order valence-electron chi connectivity index (χ4n) is 3.92. The number of nitrogens with one attached hydrogen (secondary N) is 1. The summed E-state index contributed by atoms with van der Waals surface area (Å²) in [6.45, 7) is 2.58. The lowest BCUT2D eigenvalue weighted by Gasteiger charge is -2.28. The van der Waals surface area contributed by atoms with Crippen LogP contribution in [0.3, 0.4) is 0 Å². The van der Waals surface area contributed by atoms with E-state index in [1.165, 1.54) is 23.9 Å². The third-order valence-electron chi connectivity index (χ3n) is 5.60. The fraction of sp³-hybridized carbons (Fsp3) is 0.227. The zero-order chi connectivity index (χ0) is 22.9. The van der Waals surface area contributed by atoms with Gasteiger partial charge in [0, 0.05) is 36.2 Å². The number of hydrogen-bond donors (Lipinski definition) is 1. The number of benzene rings is 2. The van der Waals surface area contributed by atoms with Crippen LogP contribution >= 0.6 is 0 Å². The van der Waals surface area contributed by atoms with E-state index in [1.54, 1.807) is 30.5 Å². The molecule has 1 fully saturated rings. The Morgan fingerprint density at radius 2 is 2.00 bits per heavy atom. The number of fused-ring (bicyclic) bond motifs is 1. The number of rotatable bonds is 5. The second-order valence-corrected chi connectivity index (χ2v) is 7.51. The number of aromatic nitrogens is 4. The van der Waals surface area contributed by atoms with Gasteiger partial charge in [0.05, 0.1) is 42.6 Å². The molecule has 0 unspecified atom stereocenters. The normalized spacial score (nSPS) is 13.9. The molecule has 1 N–H and O–H groups in total. The second-order valence-electron chi connectivity index (χ2n) is 7.51. The largest absolute Gasteiger partial charge is 0.490 e. The second kappa shape index (κ2) is 8.36. The van der Waals surface area contributed by atoms with Gasteiger partial charge >= 0.3 is 5.69 Å². The van der Waals surface area contributed by atoms with E-state index in [2.05, 4.69) is 20.2 Å². The molecule has 168 valence electrons. The van der Waals surface area contributed by atoms with Gasteiger partial charge < -0.3 is 19.4 Å². The van der Waals surface area contributed by atoms with Crippen LogP contribution < -0.4 is 15.1 Å². The highest BCUT2D eigenvalue weighted by molar-refractivity contribution is 5.93. The van der Waals surface area contributed by atoms with Crippen molar-refractivity contribution in [2.45, 2.75) is 0 Å². The van der Waals surface area contributed by atoms with Gasteiger partial charge in [0.25, 0.3) is 0 Å². The Balaban J connectivity index is 1.58. The highest BCUT2D eigenvalue weighted by Gasteiger charge is 2.19. The summed E-state index contributed by atoms with van der Waals surface area (Å²) in [6.07, 6.45) is 1.67. The van der Waals surface area contributed by atoms with Gasteiger partial charge in [0.1, 0.15) is 11.5 Å². The van der Waals surface area contributed by atoms with Gasteiger partial charge in [-0.05, 0) is 18.2 Å². The van der Waals surface area contributed by atoms with E-state index < -0.39 is 4.92 Å². The molecule has 0 bridgehead atoms. The number of nitro groups is 1. The molecule has 2 aromatic heterocycles. The smallest absolute Gasteiger partial charge is 0.313 e. The first-order valence-corrected chi connectivity index (χ1v) is 10.3. The lowest BCUT2D eigenvalue weighted by Crippen LogP contribution is -2.37. The van der Waals surface area contributed by atoms with E-state index in [1.807, 2.05) is 6.07 Å². The maximum Gasteiger partial charge on any atom is 0.313 e.